The van der Waals surface area contributed by atoms with Gasteiger partial charge in [0.1, 0.15) is 5.82 Å². The van der Waals surface area contributed by atoms with Gasteiger partial charge in [0, 0.05) is 12.6 Å². The van der Waals surface area contributed by atoms with Crippen LogP contribution in [-0.4, -0.2) is 22.6 Å². The van der Waals surface area contributed by atoms with Crippen molar-refractivity contribution >= 4 is 10.0 Å². The lowest BCUT2D eigenvalue weighted by atomic mass is 10.1. The molecule has 0 aliphatic heterocycles. The molecular formula is C16H18FNO4S. The Morgan fingerprint density at radius 1 is 1.04 bits per heavy atom. The van der Waals surface area contributed by atoms with E-state index in [1.807, 2.05) is 0 Å². The van der Waals surface area contributed by atoms with Crippen molar-refractivity contribution in [3.05, 3.63) is 53.3 Å². The van der Waals surface area contributed by atoms with Crippen molar-refractivity contribution in [2.75, 3.05) is 14.2 Å². The Labute approximate surface area is 135 Å². The highest BCUT2D eigenvalue weighted by atomic mass is 32.2. The lowest BCUT2D eigenvalue weighted by Crippen LogP contribution is -2.23. The van der Waals surface area contributed by atoms with Crippen molar-refractivity contribution in [3.63, 3.8) is 0 Å². The van der Waals surface area contributed by atoms with E-state index in [9.17, 15) is 12.8 Å². The van der Waals surface area contributed by atoms with Gasteiger partial charge in [0.15, 0.2) is 11.5 Å². The van der Waals surface area contributed by atoms with E-state index in [4.69, 9.17) is 9.47 Å². The molecule has 1 N–H and O–H groups in total. The summed E-state index contributed by atoms with van der Waals surface area (Å²) in [6, 6.07) is 8.80. The minimum absolute atomic E-state index is 0.0639. The average molecular weight is 339 g/mol. The number of sulfonamides is 1. The molecule has 5 nitrogen and oxygen atoms in total. The van der Waals surface area contributed by atoms with Crippen LogP contribution in [0.3, 0.4) is 0 Å². The first-order chi connectivity index (χ1) is 10.9. The van der Waals surface area contributed by atoms with E-state index >= 15 is 0 Å². The molecule has 0 aliphatic rings. The van der Waals surface area contributed by atoms with Crippen molar-refractivity contribution in [3.8, 4) is 11.5 Å². The molecule has 0 fully saturated rings. The number of ether oxygens (including phenoxy) is 2. The first-order valence-corrected chi connectivity index (χ1v) is 8.32. The van der Waals surface area contributed by atoms with Gasteiger partial charge in [-0.25, -0.2) is 17.5 Å². The van der Waals surface area contributed by atoms with E-state index in [0.29, 0.717) is 22.6 Å². The van der Waals surface area contributed by atoms with Crippen LogP contribution in [0, 0.1) is 12.7 Å². The maximum absolute atomic E-state index is 13.2. The maximum Gasteiger partial charge on any atom is 0.241 e. The van der Waals surface area contributed by atoms with Gasteiger partial charge in [-0.05, 0) is 36.2 Å². The van der Waals surface area contributed by atoms with Crippen LogP contribution in [0.25, 0.3) is 0 Å². The normalized spacial score (nSPS) is 11.3. The molecule has 124 valence electrons. The Bertz CT molecular complexity index is 806. The smallest absolute Gasteiger partial charge is 0.241 e. The summed E-state index contributed by atoms with van der Waals surface area (Å²) < 4.78 is 50.6. The van der Waals surface area contributed by atoms with Gasteiger partial charge in [0.05, 0.1) is 19.1 Å². The van der Waals surface area contributed by atoms with Gasteiger partial charge in [-0.15, -0.1) is 0 Å². The molecule has 2 rings (SSSR count). The molecule has 0 radical (unpaired) electrons. The minimum Gasteiger partial charge on any atom is -0.493 e. The number of rotatable bonds is 6. The van der Waals surface area contributed by atoms with Crippen LogP contribution in [0.1, 0.15) is 11.1 Å². The number of methoxy groups -OCH3 is 2. The first kappa shape index (κ1) is 17.2. The van der Waals surface area contributed by atoms with Crippen LogP contribution in [0.15, 0.2) is 41.3 Å². The monoisotopic (exact) mass is 339 g/mol. The number of halogens is 1. The summed E-state index contributed by atoms with van der Waals surface area (Å²) in [4.78, 5) is 0.0639. The Balaban J connectivity index is 2.20. The lowest BCUT2D eigenvalue weighted by Gasteiger charge is -2.11. The predicted molar refractivity (Wildman–Crippen MR) is 84.7 cm³/mol. The van der Waals surface area contributed by atoms with Crippen LogP contribution in [0.2, 0.25) is 0 Å². The van der Waals surface area contributed by atoms with E-state index < -0.39 is 10.0 Å². The van der Waals surface area contributed by atoms with Crippen molar-refractivity contribution < 1.29 is 22.3 Å². The number of hydrogen-bond acceptors (Lipinski definition) is 4. The second-order valence-corrected chi connectivity index (χ2v) is 6.69. The van der Waals surface area contributed by atoms with E-state index in [2.05, 4.69) is 4.72 Å². The van der Waals surface area contributed by atoms with Gasteiger partial charge in [0.2, 0.25) is 10.0 Å². The Hall–Kier alpha value is -2.12. The van der Waals surface area contributed by atoms with Crippen molar-refractivity contribution in [2.24, 2.45) is 0 Å². The summed E-state index contributed by atoms with van der Waals surface area (Å²) in [7, 11) is -0.811. The third-order valence-corrected chi connectivity index (χ3v) is 4.75. The molecule has 2 aromatic rings. The molecule has 7 heteroatoms. The van der Waals surface area contributed by atoms with E-state index in [0.717, 1.165) is 0 Å². The largest absolute Gasteiger partial charge is 0.493 e. The second-order valence-electron chi connectivity index (χ2n) is 4.92. The molecule has 0 atom stereocenters. The number of nitrogens with one attached hydrogen (secondary N) is 1. The third-order valence-electron chi connectivity index (χ3n) is 3.35. The van der Waals surface area contributed by atoms with Crippen molar-refractivity contribution in [2.45, 2.75) is 18.4 Å². The summed E-state index contributed by atoms with van der Waals surface area (Å²) in [5, 5.41) is 0. The van der Waals surface area contributed by atoms with Gasteiger partial charge >= 0.3 is 0 Å². The van der Waals surface area contributed by atoms with Gasteiger partial charge in [-0.3, -0.25) is 0 Å². The maximum atomic E-state index is 13.2. The molecule has 0 saturated carbocycles. The second kappa shape index (κ2) is 6.97. The standard InChI is InChI=1S/C16H18FNO4S/c1-11-8-12(4-6-14(11)17)10-18-23(19,20)13-5-7-15(21-2)16(9-13)22-3/h4-9,18H,10H2,1-3H3. The molecule has 2 aromatic carbocycles. The summed E-state index contributed by atoms with van der Waals surface area (Å²) in [6.07, 6.45) is 0. The van der Waals surface area contributed by atoms with Gasteiger partial charge < -0.3 is 9.47 Å². The van der Waals surface area contributed by atoms with Crippen molar-refractivity contribution in [1.82, 2.24) is 4.72 Å². The highest BCUT2D eigenvalue weighted by Crippen LogP contribution is 2.29. The minimum atomic E-state index is -3.72. The van der Waals surface area contributed by atoms with Crippen LogP contribution in [-0.2, 0) is 16.6 Å². The number of aryl methyl sites for hydroxylation is 1. The molecule has 23 heavy (non-hydrogen) atoms. The molecule has 0 bridgehead atoms. The summed E-state index contributed by atoms with van der Waals surface area (Å²) in [6.45, 7) is 1.69. The third kappa shape index (κ3) is 4.00. The molecule has 0 saturated heterocycles. The quantitative estimate of drug-likeness (QED) is 0.879. The SMILES string of the molecule is COc1ccc(S(=O)(=O)NCc2ccc(F)c(C)c2)cc1OC. The fourth-order valence-corrected chi connectivity index (χ4v) is 3.09. The molecule has 0 amide bonds. The van der Waals surface area contributed by atoms with Gasteiger partial charge in [-0.2, -0.15) is 0 Å². The zero-order valence-electron chi connectivity index (χ0n) is 13.1. The first-order valence-electron chi connectivity index (χ1n) is 6.84. The number of hydrogen-bond donors (Lipinski definition) is 1. The van der Waals surface area contributed by atoms with E-state index in [1.54, 1.807) is 19.1 Å². The van der Waals surface area contributed by atoms with Crippen LogP contribution >= 0.6 is 0 Å². The predicted octanol–water partition coefficient (Wildman–Crippen LogP) is 2.63. The molecule has 0 spiro atoms. The van der Waals surface area contributed by atoms with E-state index in [1.165, 1.54) is 38.5 Å². The van der Waals surface area contributed by atoms with Crippen molar-refractivity contribution in [1.29, 1.82) is 0 Å². The zero-order chi connectivity index (χ0) is 17.0. The summed E-state index contributed by atoms with van der Waals surface area (Å²) in [5.74, 6) is 0.449. The Morgan fingerprint density at radius 3 is 2.35 bits per heavy atom. The van der Waals surface area contributed by atoms with Gasteiger partial charge in [-0.1, -0.05) is 12.1 Å². The topological polar surface area (TPSA) is 64.6 Å². The van der Waals surface area contributed by atoms with E-state index in [-0.39, 0.29) is 17.3 Å². The molecule has 0 unspecified atom stereocenters. The summed E-state index contributed by atoms with van der Waals surface area (Å²) in [5.41, 5.74) is 1.14. The molecule has 0 aromatic heterocycles. The van der Waals surface area contributed by atoms with Gasteiger partial charge in [0.25, 0.3) is 0 Å². The highest BCUT2D eigenvalue weighted by Gasteiger charge is 2.17. The Kier molecular flexibility index (Phi) is 5.23. The number of benzene rings is 2. The highest BCUT2D eigenvalue weighted by molar-refractivity contribution is 7.89. The fraction of sp³-hybridized carbons (Fsp3) is 0.250. The lowest BCUT2D eigenvalue weighted by molar-refractivity contribution is 0.354. The average Bonchev–Trinajstić information content (AvgIpc) is 2.55. The zero-order valence-corrected chi connectivity index (χ0v) is 13.9. The Morgan fingerprint density at radius 2 is 1.74 bits per heavy atom. The summed E-state index contributed by atoms with van der Waals surface area (Å²) >= 11 is 0. The fourth-order valence-electron chi connectivity index (χ4n) is 2.06. The van der Waals surface area contributed by atoms with Crippen LogP contribution < -0.4 is 14.2 Å². The molecular weight excluding hydrogens is 321 g/mol. The van der Waals surface area contributed by atoms with Crippen LogP contribution in [0.4, 0.5) is 4.39 Å². The van der Waals surface area contributed by atoms with Crippen LogP contribution in [0.5, 0.6) is 11.5 Å². The molecule has 0 aliphatic carbocycles. The molecule has 0 heterocycles.